The second kappa shape index (κ2) is 5.74. The zero-order valence-electron chi connectivity index (χ0n) is 11.1. The molecule has 1 aliphatic carbocycles. The second-order valence-corrected chi connectivity index (χ2v) is 6.33. The Bertz CT molecular complexity index is 471. The quantitative estimate of drug-likeness (QED) is 0.723. The SMILES string of the molecule is CSC1(CNc2cc(C(=O)O)ccc2N)CCCC1. The smallest absolute Gasteiger partial charge is 0.335 e. The Morgan fingerprint density at radius 1 is 1.47 bits per heavy atom. The van der Waals surface area contributed by atoms with Gasteiger partial charge in [0.25, 0.3) is 0 Å². The van der Waals surface area contributed by atoms with E-state index in [1.165, 1.54) is 31.7 Å². The molecule has 0 saturated heterocycles. The largest absolute Gasteiger partial charge is 0.478 e. The summed E-state index contributed by atoms with van der Waals surface area (Å²) in [5.74, 6) is -0.927. The fourth-order valence-corrected chi connectivity index (χ4v) is 3.48. The van der Waals surface area contributed by atoms with E-state index in [2.05, 4.69) is 11.6 Å². The zero-order valence-corrected chi connectivity index (χ0v) is 11.9. The number of aromatic carboxylic acids is 1. The average molecular weight is 280 g/mol. The number of thioether (sulfide) groups is 1. The lowest BCUT2D eigenvalue weighted by atomic mass is 10.1. The van der Waals surface area contributed by atoms with Gasteiger partial charge in [-0.2, -0.15) is 11.8 Å². The standard InChI is InChI=1S/C14H20N2O2S/c1-19-14(6-2-3-7-14)9-16-12-8-10(13(17)18)4-5-11(12)15/h4-5,8,16H,2-3,6-7,9,15H2,1H3,(H,17,18). The van der Waals surface area contributed by atoms with Gasteiger partial charge < -0.3 is 16.2 Å². The first-order chi connectivity index (χ1) is 9.06. The van der Waals surface area contributed by atoms with E-state index in [9.17, 15) is 4.79 Å². The Balaban J connectivity index is 2.10. The van der Waals surface area contributed by atoms with Gasteiger partial charge in [-0.25, -0.2) is 4.79 Å². The van der Waals surface area contributed by atoms with E-state index in [0.29, 0.717) is 5.69 Å². The lowest BCUT2D eigenvalue weighted by molar-refractivity contribution is 0.0697. The summed E-state index contributed by atoms with van der Waals surface area (Å²) in [5, 5.41) is 12.3. The maximum absolute atomic E-state index is 11.0. The van der Waals surface area contributed by atoms with Crippen molar-refractivity contribution in [3.05, 3.63) is 23.8 Å². The fraction of sp³-hybridized carbons (Fsp3) is 0.500. The van der Waals surface area contributed by atoms with Crippen LogP contribution in [0.2, 0.25) is 0 Å². The van der Waals surface area contributed by atoms with Gasteiger partial charge in [0, 0.05) is 11.3 Å². The van der Waals surface area contributed by atoms with Crippen LogP contribution in [0.1, 0.15) is 36.0 Å². The number of anilines is 2. The molecule has 5 heteroatoms. The highest BCUT2D eigenvalue weighted by Crippen LogP contribution is 2.40. The molecule has 0 atom stereocenters. The van der Waals surface area contributed by atoms with Crippen LogP contribution in [0, 0.1) is 0 Å². The highest BCUT2D eigenvalue weighted by molar-refractivity contribution is 8.00. The number of carboxylic acid groups (broad SMARTS) is 1. The predicted molar refractivity (Wildman–Crippen MR) is 81.0 cm³/mol. The number of nitrogen functional groups attached to an aromatic ring is 1. The van der Waals surface area contributed by atoms with Crippen molar-refractivity contribution in [3.8, 4) is 0 Å². The third-order valence-electron chi connectivity index (χ3n) is 3.85. The normalized spacial score (nSPS) is 17.3. The van der Waals surface area contributed by atoms with Crippen LogP contribution in [0.5, 0.6) is 0 Å². The first kappa shape index (κ1) is 14.1. The molecule has 0 radical (unpaired) electrons. The van der Waals surface area contributed by atoms with Gasteiger partial charge in [-0.15, -0.1) is 0 Å². The van der Waals surface area contributed by atoms with Crippen LogP contribution in [-0.2, 0) is 0 Å². The monoisotopic (exact) mass is 280 g/mol. The summed E-state index contributed by atoms with van der Waals surface area (Å²) in [6.07, 6.45) is 7.10. The Hall–Kier alpha value is -1.36. The molecule has 1 aromatic carbocycles. The van der Waals surface area contributed by atoms with E-state index in [4.69, 9.17) is 10.8 Å². The van der Waals surface area contributed by atoms with Crippen molar-refractivity contribution in [1.29, 1.82) is 0 Å². The average Bonchev–Trinajstić information content (AvgIpc) is 2.87. The van der Waals surface area contributed by atoms with Gasteiger partial charge in [0.15, 0.2) is 0 Å². The van der Waals surface area contributed by atoms with E-state index >= 15 is 0 Å². The molecular weight excluding hydrogens is 260 g/mol. The molecule has 0 amide bonds. The maximum atomic E-state index is 11.0. The Morgan fingerprint density at radius 3 is 2.74 bits per heavy atom. The van der Waals surface area contributed by atoms with E-state index in [0.717, 1.165) is 12.2 Å². The lowest BCUT2D eigenvalue weighted by Crippen LogP contribution is -2.30. The first-order valence-corrected chi connectivity index (χ1v) is 7.71. The number of carboxylic acids is 1. The maximum Gasteiger partial charge on any atom is 0.335 e. The number of nitrogens with one attached hydrogen (secondary N) is 1. The number of benzene rings is 1. The fourth-order valence-electron chi connectivity index (χ4n) is 2.57. The Morgan fingerprint density at radius 2 is 2.16 bits per heavy atom. The number of nitrogens with two attached hydrogens (primary N) is 1. The predicted octanol–water partition coefficient (Wildman–Crippen LogP) is 3.05. The molecule has 0 spiro atoms. The Kier molecular flexibility index (Phi) is 4.24. The van der Waals surface area contributed by atoms with Crippen LogP contribution >= 0.6 is 11.8 Å². The van der Waals surface area contributed by atoms with Crippen molar-refractivity contribution in [3.63, 3.8) is 0 Å². The lowest BCUT2D eigenvalue weighted by Gasteiger charge is -2.27. The molecule has 1 saturated carbocycles. The minimum Gasteiger partial charge on any atom is -0.478 e. The van der Waals surface area contributed by atoms with Crippen molar-refractivity contribution < 1.29 is 9.90 Å². The number of carbonyl (C=O) groups is 1. The number of rotatable bonds is 5. The number of hydrogen-bond acceptors (Lipinski definition) is 4. The molecular formula is C14H20N2O2S. The molecule has 104 valence electrons. The summed E-state index contributed by atoms with van der Waals surface area (Å²) in [4.78, 5) is 11.0. The number of hydrogen-bond donors (Lipinski definition) is 3. The summed E-state index contributed by atoms with van der Waals surface area (Å²) in [6.45, 7) is 0.835. The van der Waals surface area contributed by atoms with Crippen LogP contribution in [0.25, 0.3) is 0 Å². The molecule has 0 bridgehead atoms. The first-order valence-electron chi connectivity index (χ1n) is 6.48. The van der Waals surface area contributed by atoms with Gasteiger partial charge in [-0.05, 0) is 37.3 Å². The van der Waals surface area contributed by atoms with Gasteiger partial charge >= 0.3 is 5.97 Å². The molecule has 1 aromatic rings. The molecule has 4 N–H and O–H groups in total. The van der Waals surface area contributed by atoms with E-state index in [1.807, 2.05) is 11.8 Å². The molecule has 0 unspecified atom stereocenters. The summed E-state index contributed by atoms with van der Waals surface area (Å²) in [5.41, 5.74) is 7.48. The Labute approximate surface area is 117 Å². The third kappa shape index (κ3) is 3.15. The second-order valence-electron chi connectivity index (χ2n) is 5.05. The molecule has 0 aromatic heterocycles. The molecule has 2 rings (SSSR count). The van der Waals surface area contributed by atoms with Crippen LogP contribution in [-0.4, -0.2) is 28.6 Å². The summed E-state index contributed by atoms with van der Waals surface area (Å²) < 4.78 is 0.270. The van der Waals surface area contributed by atoms with Gasteiger partial charge in [0.2, 0.25) is 0 Å². The minimum atomic E-state index is -0.927. The van der Waals surface area contributed by atoms with Crippen LogP contribution in [0.4, 0.5) is 11.4 Å². The molecule has 1 aliphatic rings. The topological polar surface area (TPSA) is 75.3 Å². The minimum absolute atomic E-state index is 0.265. The van der Waals surface area contributed by atoms with Crippen molar-refractivity contribution in [1.82, 2.24) is 0 Å². The van der Waals surface area contributed by atoms with E-state index in [1.54, 1.807) is 12.1 Å². The summed E-state index contributed by atoms with van der Waals surface area (Å²) >= 11 is 1.90. The van der Waals surface area contributed by atoms with Crippen molar-refractivity contribution >= 4 is 29.1 Å². The van der Waals surface area contributed by atoms with Gasteiger partial charge in [0.05, 0.1) is 16.9 Å². The van der Waals surface area contributed by atoms with Gasteiger partial charge in [-0.3, -0.25) is 0 Å². The van der Waals surface area contributed by atoms with Crippen molar-refractivity contribution in [2.75, 3.05) is 23.9 Å². The van der Waals surface area contributed by atoms with Gasteiger partial charge in [0.1, 0.15) is 0 Å². The molecule has 1 fully saturated rings. The summed E-state index contributed by atoms with van der Waals surface area (Å²) in [7, 11) is 0. The highest BCUT2D eigenvalue weighted by Gasteiger charge is 2.32. The molecule has 0 heterocycles. The van der Waals surface area contributed by atoms with Crippen LogP contribution in [0.15, 0.2) is 18.2 Å². The highest BCUT2D eigenvalue weighted by atomic mass is 32.2. The van der Waals surface area contributed by atoms with Crippen LogP contribution in [0.3, 0.4) is 0 Å². The molecule has 4 nitrogen and oxygen atoms in total. The van der Waals surface area contributed by atoms with E-state index < -0.39 is 5.97 Å². The summed E-state index contributed by atoms with van der Waals surface area (Å²) in [6, 6.07) is 4.79. The van der Waals surface area contributed by atoms with Crippen molar-refractivity contribution in [2.24, 2.45) is 0 Å². The third-order valence-corrected chi connectivity index (χ3v) is 5.27. The zero-order chi connectivity index (χ0) is 13.9. The van der Waals surface area contributed by atoms with Gasteiger partial charge in [-0.1, -0.05) is 12.8 Å². The van der Waals surface area contributed by atoms with E-state index in [-0.39, 0.29) is 10.3 Å². The van der Waals surface area contributed by atoms with Crippen LogP contribution < -0.4 is 11.1 Å². The molecule has 19 heavy (non-hydrogen) atoms. The van der Waals surface area contributed by atoms with Crippen molar-refractivity contribution in [2.45, 2.75) is 30.4 Å². The molecule has 0 aliphatic heterocycles.